The zero-order valence-corrected chi connectivity index (χ0v) is 9.27. The van der Waals surface area contributed by atoms with Gasteiger partial charge in [-0.05, 0) is 19.4 Å². The van der Waals surface area contributed by atoms with Crippen molar-refractivity contribution in [1.29, 1.82) is 0 Å². The third-order valence-electron chi connectivity index (χ3n) is 2.17. The summed E-state index contributed by atoms with van der Waals surface area (Å²) in [6.07, 6.45) is 1.43. The van der Waals surface area contributed by atoms with Crippen LogP contribution in [0.2, 0.25) is 0 Å². The van der Waals surface area contributed by atoms with Crippen molar-refractivity contribution in [1.82, 2.24) is 10.0 Å². The lowest BCUT2D eigenvalue weighted by atomic mass is 10.3. The lowest BCUT2D eigenvalue weighted by molar-refractivity contribution is 0.199. The predicted octanol–water partition coefficient (Wildman–Crippen LogP) is -0.696. The van der Waals surface area contributed by atoms with E-state index in [0.717, 1.165) is 19.5 Å². The van der Waals surface area contributed by atoms with Gasteiger partial charge in [0.05, 0.1) is 5.75 Å². The largest absolute Gasteiger partial charge is 0.385 e. The minimum absolute atomic E-state index is 0.0718. The first-order valence-electron chi connectivity index (χ1n) is 4.84. The highest BCUT2D eigenvalue weighted by Gasteiger charge is 2.20. The molecule has 1 fully saturated rings. The van der Waals surface area contributed by atoms with E-state index in [0.29, 0.717) is 13.0 Å². The molecule has 0 unspecified atom stereocenters. The van der Waals surface area contributed by atoms with Crippen LogP contribution in [0, 0.1) is 0 Å². The Labute approximate surface area is 85.3 Å². The third kappa shape index (κ3) is 4.36. The number of methoxy groups -OCH3 is 1. The molecule has 0 aliphatic carbocycles. The molecule has 0 saturated carbocycles. The van der Waals surface area contributed by atoms with Gasteiger partial charge in [-0.1, -0.05) is 0 Å². The molecular formula is C8H18N2O3S. The Bertz CT molecular complexity index is 247. The van der Waals surface area contributed by atoms with Crippen molar-refractivity contribution in [3.8, 4) is 0 Å². The number of hydrogen-bond acceptors (Lipinski definition) is 4. The zero-order valence-electron chi connectivity index (χ0n) is 8.45. The highest BCUT2D eigenvalue weighted by Crippen LogP contribution is 2.00. The van der Waals surface area contributed by atoms with Crippen LogP contribution >= 0.6 is 0 Å². The molecule has 0 aromatic rings. The third-order valence-corrected chi connectivity index (χ3v) is 3.69. The molecule has 0 aromatic carbocycles. The zero-order chi connectivity index (χ0) is 10.4. The van der Waals surface area contributed by atoms with E-state index in [9.17, 15) is 8.42 Å². The van der Waals surface area contributed by atoms with Crippen LogP contribution in [0.5, 0.6) is 0 Å². The van der Waals surface area contributed by atoms with Crippen molar-refractivity contribution in [3.05, 3.63) is 0 Å². The lowest BCUT2D eigenvalue weighted by Crippen LogP contribution is -2.37. The van der Waals surface area contributed by atoms with Gasteiger partial charge in [0.25, 0.3) is 0 Å². The van der Waals surface area contributed by atoms with Gasteiger partial charge < -0.3 is 10.1 Å². The maximum atomic E-state index is 11.5. The van der Waals surface area contributed by atoms with Crippen LogP contribution in [0.4, 0.5) is 0 Å². The fourth-order valence-electron chi connectivity index (χ4n) is 1.46. The molecule has 0 spiro atoms. The SMILES string of the molecule is COCCCS(=O)(=O)N[C@H]1CCNC1. The summed E-state index contributed by atoms with van der Waals surface area (Å²) < 4.78 is 30.4. The highest BCUT2D eigenvalue weighted by molar-refractivity contribution is 7.89. The van der Waals surface area contributed by atoms with Gasteiger partial charge in [-0.3, -0.25) is 0 Å². The van der Waals surface area contributed by atoms with Crippen molar-refractivity contribution in [2.24, 2.45) is 0 Å². The fourth-order valence-corrected chi connectivity index (χ4v) is 2.79. The molecule has 1 atom stereocenters. The van der Waals surface area contributed by atoms with Crippen LogP contribution in [0.3, 0.4) is 0 Å². The van der Waals surface area contributed by atoms with E-state index in [4.69, 9.17) is 4.74 Å². The molecule has 0 aromatic heterocycles. The summed E-state index contributed by atoms with van der Waals surface area (Å²) in [6, 6.07) is 0.0718. The lowest BCUT2D eigenvalue weighted by Gasteiger charge is -2.11. The molecule has 6 heteroatoms. The first-order valence-corrected chi connectivity index (χ1v) is 6.49. The van der Waals surface area contributed by atoms with Crippen LogP contribution in [0.1, 0.15) is 12.8 Å². The molecular weight excluding hydrogens is 204 g/mol. The standard InChI is InChI=1S/C8H18N2O3S/c1-13-5-2-6-14(11,12)10-8-3-4-9-7-8/h8-10H,2-7H2,1H3/t8-/m0/s1. The van der Waals surface area contributed by atoms with Crippen LogP contribution < -0.4 is 10.0 Å². The number of rotatable bonds is 6. The van der Waals surface area contributed by atoms with Gasteiger partial charge in [0.2, 0.25) is 10.0 Å². The average molecular weight is 222 g/mol. The summed E-state index contributed by atoms with van der Waals surface area (Å²) in [7, 11) is -1.54. The molecule has 2 N–H and O–H groups in total. The van der Waals surface area contributed by atoms with E-state index >= 15 is 0 Å². The molecule has 0 bridgehead atoms. The molecule has 5 nitrogen and oxygen atoms in total. The summed E-state index contributed by atoms with van der Waals surface area (Å²) in [5, 5.41) is 3.11. The molecule has 14 heavy (non-hydrogen) atoms. The summed E-state index contributed by atoms with van der Waals surface area (Å²) in [6.45, 7) is 2.12. The van der Waals surface area contributed by atoms with Gasteiger partial charge in [-0.25, -0.2) is 13.1 Å². The van der Waals surface area contributed by atoms with Gasteiger partial charge >= 0.3 is 0 Å². The van der Waals surface area contributed by atoms with Gasteiger partial charge in [-0.2, -0.15) is 0 Å². The Hall–Kier alpha value is -0.170. The van der Waals surface area contributed by atoms with E-state index in [2.05, 4.69) is 10.0 Å². The van der Waals surface area contributed by atoms with Crippen molar-refractivity contribution < 1.29 is 13.2 Å². The number of nitrogens with one attached hydrogen (secondary N) is 2. The van der Waals surface area contributed by atoms with Crippen molar-refractivity contribution >= 4 is 10.0 Å². The molecule has 1 heterocycles. The van der Waals surface area contributed by atoms with Crippen LogP contribution in [0.15, 0.2) is 0 Å². The van der Waals surface area contributed by atoms with Gasteiger partial charge in [0.1, 0.15) is 0 Å². The highest BCUT2D eigenvalue weighted by atomic mass is 32.2. The topological polar surface area (TPSA) is 67.4 Å². The minimum atomic E-state index is -3.11. The van der Waals surface area contributed by atoms with Gasteiger partial charge in [-0.15, -0.1) is 0 Å². The molecule has 84 valence electrons. The van der Waals surface area contributed by atoms with Crippen LogP contribution in [0.25, 0.3) is 0 Å². The second-order valence-corrected chi connectivity index (χ2v) is 5.35. The second-order valence-electron chi connectivity index (χ2n) is 3.47. The Morgan fingerprint density at radius 2 is 2.36 bits per heavy atom. The van der Waals surface area contributed by atoms with Crippen LogP contribution in [-0.2, 0) is 14.8 Å². The van der Waals surface area contributed by atoms with Gasteiger partial charge in [0, 0.05) is 26.3 Å². The van der Waals surface area contributed by atoms with E-state index in [1.165, 1.54) is 0 Å². The van der Waals surface area contributed by atoms with Crippen LogP contribution in [-0.4, -0.2) is 47.0 Å². The van der Waals surface area contributed by atoms with E-state index in [1.807, 2.05) is 0 Å². The smallest absolute Gasteiger partial charge is 0.211 e. The second kappa shape index (κ2) is 5.65. The van der Waals surface area contributed by atoms with Crippen molar-refractivity contribution in [3.63, 3.8) is 0 Å². The Balaban J connectivity index is 2.26. The van der Waals surface area contributed by atoms with E-state index < -0.39 is 10.0 Å². The molecule has 0 radical (unpaired) electrons. The normalized spacial score (nSPS) is 22.8. The van der Waals surface area contributed by atoms with Crippen molar-refractivity contribution in [2.75, 3.05) is 32.6 Å². The van der Waals surface area contributed by atoms with Gasteiger partial charge in [0.15, 0.2) is 0 Å². The maximum absolute atomic E-state index is 11.5. The minimum Gasteiger partial charge on any atom is -0.385 e. The quantitative estimate of drug-likeness (QED) is 0.583. The summed E-state index contributed by atoms with van der Waals surface area (Å²) >= 11 is 0. The Morgan fingerprint density at radius 1 is 1.57 bits per heavy atom. The first-order chi connectivity index (χ1) is 6.64. The Morgan fingerprint density at radius 3 is 2.93 bits per heavy atom. The molecule has 1 aliphatic rings. The molecule has 1 saturated heterocycles. The molecule has 1 rings (SSSR count). The number of ether oxygens (including phenoxy) is 1. The predicted molar refractivity (Wildman–Crippen MR) is 54.7 cm³/mol. The van der Waals surface area contributed by atoms with E-state index in [-0.39, 0.29) is 11.8 Å². The summed E-state index contributed by atoms with van der Waals surface area (Å²) in [5.41, 5.74) is 0. The average Bonchev–Trinajstić information content (AvgIpc) is 2.56. The molecule has 0 amide bonds. The maximum Gasteiger partial charge on any atom is 0.211 e. The molecule has 1 aliphatic heterocycles. The number of sulfonamides is 1. The first kappa shape index (κ1) is 11.9. The van der Waals surface area contributed by atoms with E-state index in [1.54, 1.807) is 7.11 Å². The number of hydrogen-bond donors (Lipinski definition) is 2. The fraction of sp³-hybridized carbons (Fsp3) is 1.00. The summed E-state index contributed by atoms with van der Waals surface area (Å²) in [5.74, 6) is 0.150. The van der Waals surface area contributed by atoms with Crippen molar-refractivity contribution in [2.45, 2.75) is 18.9 Å². The monoisotopic (exact) mass is 222 g/mol. The summed E-state index contributed by atoms with van der Waals surface area (Å²) in [4.78, 5) is 0. The Kier molecular flexibility index (Phi) is 4.80.